The monoisotopic (exact) mass is 302 g/mol. The van der Waals surface area contributed by atoms with E-state index in [0.29, 0.717) is 16.2 Å². The molecule has 0 heterocycles. The van der Waals surface area contributed by atoms with E-state index >= 15 is 0 Å². The fourth-order valence-corrected chi connectivity index (χ4v) is 8.66. The maximum Gasteiger partial charge on any atom is 0.0546 e. The van der Waals surface area contributed by atoms with Crippen LogP contribution in [0.5, 0.6) is 0 Å². The van der Waals surface area contributed by atoms with E-state index in [9.17, 15) is 5.11 Å². The summed E-state index contributed by atoms with van der Waals surface area (Å²) in [6, 6.07) is 0. The Labute approximate surface area is 136 Å². The van der Waals surface area contributed by atoms with Crippen LogP contribution < -0.4 is 0 Å². The topological polar surface area (TPSA) is 20.2 Å². The van der Waals surface area contributed by atoms with E-state index in [1.807, 2.05) is 0 Å². The standard InChI is InChI=1S/C21H34O/c1-13-4-5-17-16-10-14-11-21(14)12-15(22)6-9-20(21,3)18(16)7-8-19(13,17)2/h13-18,22H,4-12H2,1-3H3/t13-,14+,15-,16?,17?,18?,19+,20+,21+/m0/s1. The zero-order valence-corrected chi connectivity index (χ0v) is 14.8. The fraction of sp³-hybridized carbons (Fsp3) is 1.00. The molecule has 0 amide bonds. The third kappa shape index (κ3) is 1.47. The Balaban J connectivity index is 1.51. The first-order chi connectivity index (χ1) is 10.4. The van der Waals surface area contributed by atoms with Gasteiger partial charge in [-0.25, -0.2) is 0 Å². The molecule has 1 N–H and O–H groups in total. The summed E-state index contributed by atoms with van der Waals surface area (Å²) < 4.78 is 0. The van der Waals surface area contributed by atoms with Gasteiger partial charge in [0.05, 0.1) is 6.10 Å². The van der Waals surface area contributed by atoms with Gasteiger partial charge in [-0.15, -0.1) is 0 Å². The molecule has 0 aromatic heterocycles. The molecule has 0 aromatic carbocycles. The molecule has 5 fully saturated rings. The van der Waals surface area contributed by atoms with Crippen LogP contribution in [0.25, 0.3) is 0 Å². The number of fused-ring (bicyclic) bond motifs is 4. The van der Waals surface area contributed by atoms with Crippen LogP contribution in [0.15, 0.2) is 0 Å². The van der Waals surface area contributed by atoms with Crippen molar-refractivity contribution in [3.05, 3.63) is 0 Å². The Morgan fingerprint density at radius 2 is 1.73 bits per heavy atom. The average molecular weight is 303 g/mol. The molecule has 3 unspecified atom stereocenters. The summed E-state index contributed by atoms with van der Waals surface area (Å²) in [6.45, 7) is 7.81. The first-order valence-corrected chi connectivity index (χ1v) is 10.1. The molecule has 0 radical (unpaired) electrons. The van der Waals surface area contributed by atoms with Gasteiger partial charge in [0.15, 0.2) is 0 Å². The van der Waals surface area contributed by atoms with Gasteiger partial charge in [-0.2, -0.15) is 0 Å². The van der Waals surface area contributed by atoms with E-state index in [1.54, 1.807) is 0 Å². The smallest absolute Gasteiger partial charge is 0.0546 e. The lowest BCUT2D eigenvalue weighted by molar-refractivity contribution is -0.134. The maximum absolute atomic E-state index is 10.3. The summed E-state index contributed by atoms with van der Waals surface area (Å²) >= 11 is 0. The van der Waals surface area contributed by atoms with Crippen LogP contribution >= 0.6 is 0 Å². The zero-order valence-electron chi connectivity index (χ0n) is 14.8. The quantitative estimate of drug-likeness (QED) is 0.665. The molecule has 0 saturated heterocycles. The highest BCUT2D eigenvalue weighted by Gasteiger charge is 2.73. The van der Waals surface area contributed by atoms with E-state index in [0.717, 1.165) is 42.4 Å². The lowest BCUT2D eigenvalue weighted by atomic mass is 9.44. The van der Waals surface area contributed by atoms with Crippen molar-refractivity contribution >= 4 is 0 Å². The summed E-state index contributed by atoms with van der Waals surface area (Å²) in [6.07, 6.45) is 12.5. The highest BCUT2D eigenvalue weighted by atomic mass is 16.3. The molecule has 5 aliphatic carbocycles. The van der Waals surface area contributed by atoms with Crippen molar-refractivity contribution in [1.82, 2.24) is 0 Å². The minimum absolute atomic E-state index is 0.00924. The van der Waals surface area contributed by atoms with Gasteiger partial charge in [0, 0.05) is 0 Å². The SMILES string of the molecule is C[C@H]1CCC2C3C[C@@H]4C[C@@]45C[C@@H](O)CC[C@]5(C)C3CC[C@@]21C. The number of hydrogen-bond acceptors (Lipinski definition) is 1. The molecular formula is C21H34O. The summed E-state index contributed by atoms with van der Waals surface area (Å²) in [4.78, 5) is 0. The van der Waals surface area contributed by atoms with Crippen LogP contribution in [0.4, 0.5) is 0 Å². The average Bonchev–Trinajstić information content (AvgIpc) is 3.08. The summed E-state index contributed by atoms with van der Waals surface area (Å²) in [5, 5.41) is 10.3. The molecule has 9 atom stereocenters. The second-order valence-electron chi connectivity index (χ2n) is 10.5. The number of aliphatic hydroxyl groups is 1. The Hall–Kier alpha value is -0.0400. The molecule has 5 saturated carbocycles. The van der Waals surface area contributed by atoms with Crippen LogP contribution in [0.1, 0.15) is 78.6 Å². The number of rotatable bonds is 0. The third-order valence-corrected chi connectivity index (χ3v) is 10.3. The lowest BCUT2D eigenvalue weighted by Crippen LogP contribution is -2.54. The van der Waals surface area contributed by atoms with Gasteiger partial charge in [-0.05, 0) is 104 Å². The van der Waals surface area contributed by atoms with Crippen LogP contribution in [-0.4, -0.2) is 11.2 Å². The van der Waals surface area contributed by atoms with Gasteiger partial charge in [-0.1, -0.05) is 20.8 Å². The molecule has 0 aromatic rings. The predicted molar refractivity (Wildman–Crippen MR) is 89.3 cm³/mol. The first-order valence-electron chi connectivity index (χ1n) is 10.1. The molecule has 0 bridgehead atoms. The summed E-state index contributed by atoms with van der Waals surface area (Å²) in [5.41, 5.74) is 1.78. The number of aliphatic hydroxyl groups excluding tert-OH is 1. The molecule has 124 valence electrons. The minimum atomic E-state index is 0.00924. The van der Waals surface area contributed by atoms with Gasteiger partial charge < -0.3 is 5.11 Å². The van der Waals surface area contributed by atoms with Crippen molar-refractivity contribution in [3.8, 4) is 0 Å². The molecule has 5 aliphatic rings. The predicted octanol–water partition coefficient (Wildman–Crippen LogP) is 5.03. The van der Waals surface area contributed by atoms with Crippen LogP contribution in [0, 0.1) is 45.8 Å². The second kappa shape index (κ2) is 4.13. The maximum atomic E-state index is 10.3. The van der Waals surface area contributed by atoms with Crippen LogP contribution in [0.2, 0.25) is 0 Å². The first kappa shape index (κ1) is 14.3. The molecule has 22 heavy (non-hydrogen) atoms. The molecule has 1 heteroatoms. The summed E-state index contributed by atoms with van der Waals surface area (Å²) in [7, 11) is 0. The van der Waals surface area contributed by atoms with Crippen molar-refractivity contribution in [2.75, 3.05) is 0 Å². The van der Waals surface area contributed by atoms with E-state index in [1.165, 1.54) is 44.9 Å². The highest BCUT2D eigenvalue weighted by Crippen LogP contribution is 2.80. The largest absolute Gasteiger partial charge is 0.393 e. The van der Waals surface area contributed by atoms with Crippen molar-refractivity contribution < 1.29 is 5.11 Å². The highest BCUT2D eigenvalue weighted by molar-refractivity contribution is 5.22. The van der Waals surface area contributed by atoms with Crippen LogP contribution in [-0.2, 0) is 0 Å². The van der Waals surface area contributed by atoms with Crippen molar-refractivity contribution in [3.63, 3.8) is 0 Å². The Kier molecular flexibility index (Phi) is 2.69. The van der Waals surface area contributed by atoms with E-state index in [4.69, 9.17) is 0 Å². The zero-order chi connectivity index (χ0) is 15.3. The van der Waals surface area contributed by atoms with Gasteiger partial charge in [-0.3, -0.25) is 0 Å². The molecule has 0 aliphatic heterocycles. The lowest BCUT2D eigenvalue weighted by Gasteiger charge is -2.61. The molecule has 5 rings (SSSR count). The van der Waals surface area contributed by atoms with Gasteiger partial charge in [0.2, 0.25) is 0 Å². The Bertz CT molecular complexity index is 500. The second-order valence-corrected chi connectivity index (χ2v) is 10.5. The Morgan fingerprint density at radius 1 is 0.909 bits per heavy atom. The fourth-order valence-electron chi connectivity index (χ4n) is 8.66. The minimum Gasteiger partial charge on any atom is -0.393 e. The summed E-state index contributed by atoms with van der Waals surface area (Å²) in [5.74, 6) is 4.92. The van der Waals surface area contributed by atoms with E-state index in [-0.39, 0.29) is 6.10 Å². The Morgan fingerprint density at radius 3 is 2.55 bits per heavy atom. The van der Waals surface area contributed by atoms with Gasteiger partial charge >= 0.3 is 0 Å². The van der Waals surface area contributed by atoms with E-state index in [2.05, 4.69) is 20.8 Å². The van der Waals surface area contributed by atoms with Crippen molar-refractivity contribution in [2.24, 2.45) is 45.8 Å². The van der Waals surface area contributed by atoms with E-state index < -0.39 is 0 Å². The molecule has 1 spiro atoms. The normalized spacial score (nSPS) is 66.0. The third-order valence-electron chi connectivity index (χ3n) is 10.3. The van der Waals surface area contributed by atoms with Crippen LogP contribution in [0.3, 0.4) is 0 Å². The van der Waals surface area contributed by atoms with Gasteiger partial charge in [0.1, 0.15) is 0 Å². The van der Waals surface area contributed by atoms with Gasteiger partial charge in [0.25, 0.3) is 0 Å². The van der Waals surface area contributed by atoms with Crippen molar-refractivity contribution in [1.29, 1.82) is 0 Å². The molecular weight excluding hydrogens is 268 g/mol. The number of hydrogen-bond donors (Lipinski definition) is 1. The molecule has 1 nitrogen and oxygen atoms in total. The van der Waals surface area contributed by atoms with Crippen molar-refractivity contribution in [2.45, 2.75) is 84.7 Å².